The van der Waals surface area contributed by atoms with E-state index in [0.717, 1.165) is 13.2 Å². The van der Waals surface area contributed by atoms with Crippen LogP contribution in [0.25, 0.3) is 0 Å². The van der Waals surface area contributed by atoms with Crippen molar-refractivity contribution in [1.29, 1.82) is 0 Å². The molecule has 0 radical (unpaired) electrons. The number of ether oxygens (including phenoxy) is 1. The number of esters is 1. The van der Waals surface area contributed by atoms with Gasteiger partial charge in [0.25, 0.3) is 5.69 Å². The number of hydrogen-bond acceptors (Lipinski definition) is 4. The van der Waals surface area contributed by atoms with Gasteiger partial charge in [0.2, 0.25) is 0 Å². The predicted octanol–water partition coefficient (Wildman–Crippen LogP) is 1.44. The van der Waals surface area contributed by atoms with E-state index in [9.17, 15) is 27.9 Å². The lowest BCUT2D eigenvalue weighted by atomic mass is 9.79. The second-order valence-corrected chi connectivity index (χ2v) is 3.10. The lowest BCUT2D eigenvalue weighted by Crippen LogP contribution is -2.34. The smallest absolute Gasteiger partial charge is 0.465 e. The Kier molecular flexibility index (Phi) is 3.40. The highest BCUT2D eigenvalue weighted by Crippen LogP contribution is 2.20. The molecule has 0 heterocycles. The molecule has 0 amide bonds. The average molecular weight is 248 g/mol. The fourth-order valence-electron chi connectivity index (χ4n) is 1.19. The van der Waals surface area contributed by atoms with Crippen molar-refractivity contribution in [1.82, 2.24) is 0 Å². The van der Waals surface area contributed by atoms with Crippen LogP contribution in [0.1, 0.15) is 10.4 Å². The fraction of sp³-hybridized carbons (Fsp3) is 0.125. The van der Waals surface area contributed by atoms with E-state index >= 15 is 0 Å². The first-order valence-electron chi connectivity index (χ1n) is 4.34. The van der Waals surface area contributed by atoms with Crippen molar-refractivity contribution in [3.63, 3.8) is 0 Å². The van der Waals surface area contributed by atoms with Gasteiger partial charge in [0.05, 0.1) is 12.0 Å². The highest BCUT2D eigenvalue weighted by molar-refractivity contribution is 6.73. The molecule has 1 aromatic rings. The van der Waals surface area contributed by atoms with Gasteiger partial charge in [0, 0.05) is 0 Å². The molecule has 5 nitrogen and oxygen atoms in total. The van der Waals surface area contributed by atoms with E-state index < -0.39 is 34.6 Å². The summed E-state index contributed by atoms with van der Waals surface area (Å²) in [6, 6.07) is 1.67. The number of carbonyl (C=O) groups is 1. The van der Waals surface area contributed by atoms with Crippen molar-refractivity contribution in [2.45, 2.75) is 0 Å². The minimum absolute atomic E-state index is 0.326. The van der Waals surface area contributed by atoms with Crippen molar-refractivity contribution < 1.29 is 27.4 Å². The fourth-order valence-corrected chi connectivity index (χ4v) is 1.19. The van der Waals surface area contributed by atoms with Crippen LogP contribution in [-0.2, 0) is 4.74 Å². The summed E-state index contributed by atoms with van der Waals surface area (Å²) in [7, 11) is 0.980. The number of carbonyl (C=O) groups excluding carboxylic acids is 1. The lowest BCUT2D eigenvalue weighted by molar-refractivity contribution is -0.385. The summed E-state index contributed by atoms with van der Waals surface area (Å²) in [5.74, 6) is -1.06. The number of methoxy groups -OCH3 is 1. The zero-order valence-corrected chi connectivity index (χ0v) is 8.52. The molecule has 0 saturated heterocycles. The molecular formula is C8H6BF3NO4-. The van der Waals surface area contributed by atoms with Crippen LogP contribution in [-0.4, -0.2) is 25.0 Å². The van der Waals surface area contributed by atoms with Crippen molar-refractivity contribution in [3.8, 4) is 0 Å². The van der Waals surface area contributed by atoms with E-state index in [2.05, 4.69) is 4.74 Å². The number of hydrogen-bond donors (Lipinski definition) is 0. The van der Waals surface area contributed by atoms with Crippen LogP contribution >= 0.6 is 0 Å². The summed E-state index contributed by atoms with van der Waals surface area (Å²) < 4.78 is 41.3. The number of halogens is 3. The quantitative estimate of drug-likeness (QED) is 0.351. The molecule has 1 aromatic carbocycles. The first kappa shape index (κ1) is 13.0. The van der Waals surface area contributed by atoms with Crippen LogP contribution in [0, 0.1) is 10.1 Å². The van der Waals surface area contributed by atoms with E-state index in [4.69, 9.17) is 0 Å². The van der Waals surface area contributed by atoms with E-state index in [-0.39, 0.29) is 0 Å². The van der Waals surface area contributed by atoms with E-state index in [1.54, 1.807) is 0 Å². The topological polar surface area (TPSA) is 69.4 Å². The van der Waals surface area contributed by atoms with Crippen LogP contribution in [0.4, 0.5) is 18.6 Å². The van der Waals surface area contributed by atoms with Gasteiger partial charge >= 0.3 is 12.9 Å². The van der Waals surface area contributed by atoms with Gasteiger partial charge in [0.15, 0.2) is 0 Å². The molecule has 0 aliphatic rings. The van der Waals surface area contributed by atoms with Gasteiger partial charge in [-0.25, -0.2) is 4.79 Å². The molecule has 9 heteroatoms. The summed E-state index contributed by atoms with van der Waals surface area (Å²) >= 11 is 0. The van der Waals surface area contributed by atoms with Gasteiger partial charge in [-0.05, 0) is 12.1 Å². The molecule has 0 aromatic heterocycles. The van der Waals surface area contributed by atoms with Gasteiger partial charge in [-0.1, -0.05) is 6.07 Å². The van der Waals surface area contributed by atoms with Crippen LogP contribution in [0.5, 0.6) is 0 Å². The molecule has 1 rings (SSSR count). The van der Waals surface area contributed by atoms with E-state index in [0.29, 0.717) is 12.1 Å². The van der Waals surface area contributed by atoms with Crippen molar-refractivity contribution >= 4 is 24.1 Å². The summed E-state index contributed by atoms with van der Waals surface area (Å²) in [4.78, 5) is 20.6. The predicted molar refractivity (Wildman–Crippen MR) is 53.1 cm³/mol. The Labute approximate surface area is 93.4 Å². The third kappa shape index (κ3) is 2.74. The average Bonchev–Trinajstić information content (AvgIpc) is 2.25. The number of nitrogens with zero attached hydrogens (tertiary/aromatic N) is 1. The maximum atomic E-state index is 12.4. The third-order valence-electron chi connectivity index (χ3n) is 2.00. The van der Waals surface area contributed by atoms with Crippen molar-refractivity contribution in [3.05, 3.63) is 33.9 Å². The number of benzene rings is 1. The number of nitro benzene ring substituents is 1. The Morgan fingerprint density at radius 3 is 2.41 bits per heavy atom. The molecule has 0 spiro atoms. The molecule has 0 bridgehead atoms. The SMILES string of the molecule is COC(=O)c1ccc([B-](F)(F)F)cc1[N+](=O)[O-]. The van der Waals surface area contributed by atoms with Gasteiger partial charge in [-0.3, -0.25) is 10.1 Å². The monoisotopic (exact) mass is 248 g/mol. The number of nitro groups is 1. The Hall–Kier alpha value is -2.06. The lowest BCUT2D eigenvalue weighted by Gasteiger charge is -2.14. The molecule has 0 unspecified atom stereocenters. The van der Waals surface area contributed by atoms with Crippen LogP contribution in [0.3, 0.4) is 0 Å². The minimum Gasteiger partial charge on any atom is -0.465 e. The highest BCUT2D eigenvalue weighted by Gasteiger charge is 2.30. The Bertz CT molecular complexity index is 474. The van der Waals surface area contributed by atoms with Gasteiger partial charge < -0.3 is 17.7 Å². The molecule has 0 atom stereocenters. The summed E-state index contributed by atoms with van der Waals surface area (Å²) in [6.07, 6.45) is 0. The largest absolute Gasteiger partial charge is 0.509 e. The van der Waals surface area contributed by atoms with Crippen LogP contribution < -0.4 is 5.46 Å². The van der Waals surface area contributed by atoms with Crippen molar-refractivity contribution in [2.75, 3.05) is 7.11 Å². The molecule has 0 fully saturated rings. The normalized spacial score (nSPS) is 11.1. The maximum absolute atomic E-state index is 12.4. The van der Waals surface area contributed by atoms with Gasteiger partial charge in [-0.2, -0.15) is 0 Å². The first-order valence-corrected chi connectivity index (χ1v) is 4.34. The second-order valence-electron chi connectivity index (χ2n) is 3.10. The third-order valence-corrected chi connectivity index (χ3v) is 2.00. The molecule has 0 N–H and O–H groups in total. The molecule has 0 aliphatic carbocycles. The second kappa shape index (κ2) is 4.44. The Balaban J connectivity index is 3.37. The summed E-state index contributed by atoms with van der Waals surface area (Å²) in [6.45, 7) is -5.35. The Morgan fingerprint density at radius 2 is 2.00 bits per heavy atom. The van der Waals surface area contributed by atoms with Crippen molar-refractivity contribution in [2.24, 2.45) is 0 Å². The summed E-state index contributed by atoms with van der Waals surface area (Å²) in [5.41, 5.74) is -2.57. The van der Waals surface area contributed by atoms with Crippen LogP contribution in [0.2, 0.25) is 0 Å². The zero-order valence-electron chi connectivity index (χ0n) is 8.52. The molecule has 17 heavy (non-hydrogen) atoms. The zero-order chi connectivity index (χ0) is 13.2. The standard InChI is InChI=1S/C8H6BF3NO4/c1-17-8(14)6-3-2-5(9(10,11)12)4-7(6)13(15)16/h2-4H,1H3/q-1. The van der Waals surface area contributed by atoms with Gasteiger partial charge in [0.1, 0.15) is 5.56 Å². The van der Waals surface area contributed by atoms with Gasteiger partial charge in [-0.15, -0.1) is 5.46 Å². The molecule has 92 valence electrons. The molecular weight excluding hydrogens is 242 g/mol. The minimum atomic E-state index is -5.35. The maximum Gasteiger partial charge on any atom is 0.509 e. The highest BCUT2D eigenvalue weighted by atomic mass is 19.4. The molecule has 0 saturated carbocycles. The number of rotatable bonds is 3. The summed E-state index contributed by atoms with van der Waals surface area (Å²) in [5, 5.41) is 10.6. The Morgan fingerprint density at radius 1 is 1.41 bits per heavy atom. The van der Waals surface area contributed by atoms with E-state index in [1.807, 2.05) is 0 Å². The van der Waals surface area contributed by atoms with Crippen LogP contribution in [0.15, 0.2) is 18.2 Å². The van der Waals surface area contributed by atoms with E-state index in [1.165, 1.54) is 0 Å². The molecule has 0 aliphatic heterocycles. The first-order chi connectivity index (χ1) is 7.77.